The number of amides is 2. The zero-order valence-electron chi connectivity index (χ0n) is 13.2. The molecule has 7 nitrogen and oxygen atoms in total. The highest BCUT2D eigenvalue weighted by molar-refractivity contribution is 7.89. The standard InChI is InChI=1S/C15H17F2N3O4S/c16-11-1-2-13(12(17)8-11)25(23,24)20-5-3-19(4-6-20)15(22)10-7-14(21)18-9-10/h1-2,8,10H,3-7,9H2,(H,18,21). The minimum atomic E-state index is -4.10. The second-order valence-corrected chi connectivity index (χ2v) is 7.92. The molecular formula is C15H17F2N3O4S. The Kier molecular flexibility index (Phi) is 4.74. The number of nitrogens with zero attached hydrogens (tertiary/aromatic N) is 2. The summed E-state index contributed by atoms with van der Waals surface area (Å²) in [5.74, 6) is -2.79. The molecule has 2 saturated heterocycles. The average Bonchev–Trinajstić information content (AvgIpc) is 3.00. The van der Waals surface area contributed by atoms with Crippen LogP contribution in [0.4, 0.5) is 8.78 Å². The van der Waals surface area contributed by atoms with E-state index in [1.807, 2.05) is 0 Å². The molecule has 0 aromatic heterocycles. The molecule has 1 aromatic rings. The van der Waals surface area contributed by atoms with Gasteiger partial charge in [0.25, 0.3) is 0 Å². The van der Waals surface area contributed by atoms with Crippen LogP contribution in [0.1, 0.15) is 6.42 Å². The van der Waals surface area contributed by atoms with Crippen LogP contribution in [-0.2, 0) is 19.6 Å². The molecule has 3 rings (SSSR count). The van der Waals surface area contributed by atoms with Crippen LogP contribution in [0.5, 0.6) is 0 Å². The lowest BCUT2D eigenvalue weighted by Gasteiger charge is -2.35. The molecule has 0 bridgehead atoms. The van der Waals surface area contributed by atoms with Gasteiger partial charge in [-0.15, -0.1) is 0 Å². The summed E-state index contributed by atoms with van der Waals surface area (Å²) in [4.78, 5) is 24.5. The molecule has 2 fully saturated rings. The normalized spacial score (nSPS) is 22.1. The van der Waals surface area contributed by atoms with Crippen LogP contribution in [-0.4, -0.2) is 62.2 Å². The lowest BCUT2D eigenvalue weighted by atomic mass is 10.1. The van der Waals surface area contributed by atoms with Crippen molar-refractivity contribution in [3.8, 4) is 0 Å². The van der Waals surface area contributed by atoms with Gasteiger partial charge < -0.3 is 10.2 Å². The molecule has 1 N–H and O–H groups in total. The van der Waals surface area contributed by atoms with Gasteiger partial charge in [-0.2, -0.15) is 4.31 Å². The first-order valence-corrected chi connectivity index (χ1v) is 9.24. The summed E-state index contributed by atoms with van der Waals surface area (Å²) in [7, 11) is -4.10. The number of sulfonamides is 1. The van der Waals surface area contributed by atoms with Crippen molar-refractivity contribution in [2.75, 3.05) is 32.7 Å². The maximum atomic E-state index is 13.8. The summed E-state index contributed by atoms with van der Waals surface area (Å²) in [5.41, 5.74) is 0. The summed E-state index contributed by atoms with van der Waals surface area (Å²) in [5, 5.41) is 2.59. The van der Waals surface area contributed by atoms with Crippen molar-refractivity contribution in [1.29, 1.82) is 0 Å². The molecule has 0 aliphatic carbocycles. The number of rotatable bonds is 3. The molecule has 0 saturated carbocycles. The maximum absolute atomic E-state index is 13.8. The van der Waals surface area contributed by atoms with E-state index >= 15 is 0 Å². The molecule has 1 unspecified atom stereocenters. The molecule has 0 spiro atoms. The van der Waals surface area contributed by atoms with Crippen molar-refractivity contribution in [3.63, 3.8) is 0 Å². The number of carbonyl (C=O) groups excluding carboxylic acids is 2. The first-order chi connectivity index (χ1) is 11.8. The minimum absolute atomic E-state index is 0.0129. The Bertz CT molecular complexity index is 807. The van der Waals surface area contributed by atoms with Crippen LogP contribution in [0.25, 0.3) is 0 Å². The number of hydrogen-bond acceptors (Lipinski definition) is 4. The maximum Gasteiger partial charge on any atom is 0.246 e. The molecule has 1 atom stereocenters. The highest BCUT2D eigenvalue weighted by Gasteiger charge is 2.36. The Morgan fingerprint density at radius 1 is 1.16 bits per heavy atom. The molecule has 2 heterocycles. The molecular weight excluding hydrogens is 356 g/mol. The fourth-order valence-electron chi connectivity index (χ4n) is 3.01. The Morgan fingerprint density at radius 2 is 1.84 bits per heavy atom. The molecule has 2 aliphatic rings. The van der Waals surface area contributed by atoms with Gasteiger partial charge in [-0.05, 0) is 12.1 Å². The predicted octanol–water partition coefficient (Wildman–Crippen LogP) is -0.0662. The number of piperazine rings is 1. The quantitative estimate of drug-likeness (QED) is 0.804. The number of benzene rings is 1. The van der Waals surface area contributed by atoms with E-state index < -0.39 is 32.5 Å². The predicted molar refractivity (Wildman–Crippen MR) is 82.8 cm³/mol. The number of carbonyl (C=O) groups is 2. The van der Waals surface area contributed by atoms with E-state index in [1.54, 1.807) is 0 Å². The van der Waals surface area contributed by atoms with Crippen molar-refractivity contribution in [1.82, 2.24) is 14.5 Å². The van der Waals surface area contributed by atoms with E-state index in [9.17, 15) is 26.8 Å². The third-order valence-electron chi connectivity index (χ3n) is 4.39. The van der Waals surface area contributed by atoms with Crippen molar-refractivity contribution < 1.29 is 26.8 Å². The summed E-state index contributed by atoms with van der Waals surface area (Å²) in [6, 6.07) is 2.31. The third-order valence-corrected chi connectivity index (χ3v) is 6.32. The minimum Gasteiger partial charge on any atom is -0.355 e. The highest BCUT2D eigenvalue weighted by Crippen LogP contribution is 2.22. The highest BCUT2D eigenvalue weighted by atomic mass is 32.2. The summed E-state index contributed by atoms with van der Waals surface area (Å²) in [6.45, 7) is 0.631. The molecule has 136 valence electrons. The van der Waals surface area contributed by atoms with Crippen molar-refractivity contribution in [3.05, 3.63) is 29.8 Å². The van der Waals surface area contributed by atoms with Crippen LogP contribution in [0, 0.1) is 17.6 Å². The zero-order valence-corrected chi connectivity index (χ0v) is 14.1. The van der Waals surface area contributed by atoms with Gasteiger partial charge >= 0.3 is 0 Å². The van der Waals surface area contributed by atoms with Crippen LogP contribution in [0.2, 0.25) is 0 Å². The van der Waals surface area contributed by atoms with Gasteiger partial charge in [-0.1, -0.05) is 0 Å². The Balaban J connectivity index is 1.67. The Morgan fingerprint density at radius 3 is 2.40 bits per heavy atom. The van der Waals surface area contributed by atoms with Crippen molar-refractivity contribution >= 4 is 21.8 Å². The van der Waals surface area contributed by atoms with Gasteiger partial charge in [-0.3, -0.25) is 9.59 Å². The number of nitrogens with one attached hydrogen (secondary N) is 1. The summed E-state index contributed by atoms with van der Waals surface area (Å²) < 4.78 is 52.8. The molecule has 1 aromatic carbocycles. The lowest BCUT2D eigenvalue weighted by Crippen LogP contribution is -2.52. The largest absolute Gasteiger partial charge is 0.355 e. The van der Waals surface area contributed by atoms with Gasteiger partial charge in [-0.25, -0.2) is 17.2 Å². The molecule has 10 heteroatoms. The van der Waals surface area contributed by atoms with E-state index in [2.05, 4.69) is 5.32 Å². The van der Waals surface area contributed by atoms with Gasteiger partial charge in [0.2, 0.25) is 21.8 Å². The second kappa shape index (κ2) is 6.68. The van der Waals surface area contributed by atoms with Gasteiger partial charge in [0.05, 0.1) is 5.92 Å². The summed E-state index contributed by atoms with van der Waals surface area (Å²) in [6.07, 6.45) is 0.137. The second-order valence-electron chi connectivity index (χ2n) is 6.01. The third kappa shape index (κ3) is 3.49. The van der Waals surface area contributed by atoms with Crippen LogP contribution < -0.4 is 5.32 Å². The van der Waals surface area contributed by atoms with E-state index in [4.69, 9.17) is 0 Å². The van der Waals surface area contributed by atoms with Crippen molar-refractivity contribution in [2.24, 2.45) is 5.92 Å². The molecule has 2 amide bonds. The topological polar surface area (TPSA) is 86.8 Å². The van der Waals surface area contributed by atoms with E-state index in [-0.39, 0.29) is 51.0 Å². The molecule has 2 aliphatic heterocycles. The zero-order chi connectivity index (χ0) is 18.2. The van der Waals surface area contributed by atoms with Gasteiger partial charge in [0.1, 0.15) is 16.5 Å². The fraction of sp³-hybridized carbons (Fsp3) is 0.467. The SMILES string of the molecule is O=C1CC(C(=O)N2CCN(S(=O)(=O)c3ccc(F)cc3F)CC2)CN1. The summed E-state index contributed by atoms with van der Waals surface area (Å²) >= 11 is 0. The number of hydrogen-bond donors (Lipinski definition) is 1. The smallest absolute Gasteiger partial charge is 0.246 e. The Hall–Kier alpha value is -2.07. The van der Waals surface area contributed by atoms with E-state index in [0.717, 1.165) is 16.4 Å². The Labute approximate surface area is 143 Å². The van der Waals surface area contributed by atoms with Crippen molar-refractivity contribution in [2.45, 2.75) is 11.3 Å². The first-order valence-electron chi connectivity index (χ1n) is 7.80. The van der Waals surface area contributed by atoms with Crippen LogP contribution in [0.3, 0.4) is 0 Å². The lowest BCUT2D eigenvalue weighted by molar-refractivity contribution is -0.136. The van der Waals surface area contributed by atoms with Crippen LogP contribution in [0.15, 0.2) is 23.1 Å². The van der Waals surface area contributed by atoms with E-state index in [1.165, 1.54) is 4.90 Å². The van der Waals surface area contributed by atoms with Crippen LogP contribution >= 0.6 is 0 Å². The molecule has 0 radical (unpaired) electrons. The fourth-order valence-corrected chi connectivity index (χ4v) is 4.48. The van der Waals surface area contributed by atoms with E-state index in [0.29, 0.717) is 6.07 Å². The monoisotopic (exact) mass is 373 g/mol. The van der Waals surface area contributed by atoms with Gasteiger partial charge in [0, 0.05) is 45.2 Å². The number of halogens is 2. The average molecular weight is 373 g/mol. The first kappa shape index (κ1) is 17.7. The molecule has 25 heavy (non-hydrogen) atoms. The van der Waals surface area contributed by atoms with Gasteiger partial charge in [0.15, 0.2) is 0 Å².